The van der Waals surface area contributed by atoms with Crippen LogP contribution in [0.3, 0.4) is 0 Å². The predicted molar refractivity (Wildman–Crippen MR) is 106 cm³/mol. The Morgan fingerprint density at radius 2 is 1.65 bits per heavy atom. The Labute approximate surface area is 163 Å². The van der Waals surface area contributed by atoms with Gasteiger partial charge in [-0.3, -0.25) is 0 Å². The van der Waals surface area contributed by atoms with Gasteiger partial charge in [0.1, 0.15) is 10.0 Å². The normalized spacial score (nSPS) is 14.9. The molecule has 138 valence electrons. The van der Waals surface area contributed by atoms with Gasteiger partial charge in [-0.05, 0) is 43.5 Å². The molecule has 0 atom stereocenters. The van der Waals surface area contributed by atoms with Crippen molar-refractivity contribution in [3.05, 3.63) is 51.8 Å². The van der Waals surface area contributed by atoms with Crippen LogP contribution in [0.15, 0.2) is 30.6 Å². The third-order valence-electron chi connectivity index (χ3n) is 4.44. The summed E-state index contributed by atoms with van der Waals surface area (Å²) in [5, 5.41) is 4.19. The molecule has 2 aromatic rings. The number of pyridine rings is 1. The number of hydrogen-bond donors (Lipinski definition) is 1. The number of H-pyrrole nitrogens is 1. The highest BCUT2D eigenvalue weighted by atomic mass is 35.5. The Hall–Kier alpha value is -1.98. The Balaban J connectivity index is 1.67. The molecular weight excluding hydrogens is 371 g/mol. The van der Waals surface area contributed by atoms with E-state index in [1.807, 2.05) is 30.9 Å². The summed E-state index contributed by atoms with van der Waals surface area (Å²) >= 11 is 12.6. The van der Waals surface area contributed by atoms with Gasteiger partial charge in [0.05, 0.1) is 5.69 Å². The zero-order valence-corrected chi connectivity index (χ0v) is 16.5. The van der Waals surface area contributed by atoms with Gasteiger partial charge >= 0.3 is 6.03 Å². The number of nitrogens with one attached hydrogen (secondary N) is 2. The van der Waals surface area contributed by atoms with E-state index in [4.69, 9.17) is 23.2 Å². The van der Waals surface area contributed by atoms with Crippen molar-refractivity contribution in [3.63, 3.8) is 0 Å². The van der Waals surface area contributed by atoms with Crippen LogP contribution >= 0.6 is 23.2 Å². The van der Waals surface area contributed by atoms with Crippen LogP contribution in [0.2, 0.25) is 10.0 Å². The highest BCUT2D eigenvalue weighted by Gasteiger charge is 2.23. The second kappa shape index (κ2) is 8.14. The van der Waals surface area contributed by atoms with Gasteiger partial charge in [-0.25, -0.2) is 9.78 Å². The quantitative estimate of drug-likeness (QED) is 0.831. The summed E-state index contributed by atoms with van der Waals surface area (Å²) in [5.41, 5.74) is 3.92. The lowest BCUT2D eigenvalue weighted by Gasteiger charge is -2.24. The van der Waals surface area contributed by atoms with Gasteiger partial charge in [0.25, 0.3) is 0 Å². The lowest BCUT2D eigenvalue weighted by atomic mass is 10.1. The minimum Gasteiger partial charge on any atom is -0.367 e. The number of amides is 2. The number of anilines is 2. The van der Waals surface area contributed by atoms with Gasteiger partial charge in [-0.2, -0.15) is 0 Å². The molecule has 2 N–H and O–H groups in total. The molecule has 1 aliphatic rings. The summed E-state index contributed by atoms with van der Waals surface area (Å²) in [6.45, 7) is 6.85. The number of nitrogens with zero attached hydrogens (tertiary/aromatic N) is 2. The largest absolute Gasteiger partial charge is 0.367 e. The molecule has 1 aromatic heterocycles. The lowest BCUT2D eigenvalue weighted by molar-refractivity contribution is -0.377. The van der Waals surface area contributed by atoms with Crippen molar-refractivity contribution < 1.29 is 9.78 Å². The number of aryl methyl sites for hydroxylation is 2. The van der Waals surface area contributed by atoms with Crippen LogP contribution in [0.1, 0.15) is 17.5 Å². The van der Waals surface area contributed by atoms with Gasteiger partial charge in [-0.1, -0.05) is 29.3 Å². The maximum atomic E-state index is 12.7. The van der Waals surface area contributed by atoms with Crippen LogP contribution in [0.25, 0.3) is 0 Å². The fourth-order valence-corrected chi connectivity index (χ4v) is 3.95. The zero-order valence-electron chi connectivity index (χ0n) is 15.0. The Bertz CT molecular complexity index is 772. The van der Waals surface area contributed by atoms with E-state index in [1.165, 1.54) is 0 Å². The van der Waals surface area contributed by atoms with Crippen LogP contribution in [-0.4, -0.2) is 37.1 Å². The molecule has 1 saturated heterocycles. The summed E-state index contributed by atoms with van der Waals surface area (Å²) in [6.07, 6.45) is 4.29. The highest BCUT2D eigenvalue weighted by molar-refractivity contribution is 6.38. The van der Waals surface area contributed by atoms with E-state index in [-0.39, 0.29) is 6.03 Å². The molecule has 0 aliphatic carbocycles. The predicted octanol–water partition coefficient (Wildman–Crippen LogP) is 4.17. The minimum atomic E-state index is -0.0737. The maximum Gasteiger partial charge on any atom is 0.321 e. The summed E-state index contributed by atoms with van der Waals surface area (Å²) < 4.78 is 0. The van der Waals surface area contributed by atoms with Gasteiger partial charge < -0.3 is 15.1 Å². The number of carbonyl (C=O) groups excluding carboxylic acids is 1. The SMILES string of the molecule is Cc1cc(C)cc(NC(=O)N2CCCN(c3c(Cl)c[nH+]cc3Cl)CC2)c1. The number of carbonyl (C=O) groups is 1. The summed E-state index contributed by atoms with van der Waals surface area (Å²) in [7, 11) is 0. The van der Waals surface area contributed by atoms with E-state index in [0.29, 0.717) is 29.7 Å². The molecule has 0 unspecified atom stereocenters. The van der Waals surface area contributed by atoms with Crippen molar-refractivity contribution in [2.24, 2.45) is 0 Å². The second-order valence-corrected chi connectivity index (χ2v) is 7.45. The smallest absolute Gasteiger partial charge is 0.321 e. The molecule has 1 fully saturated rings. The molecule has 1 aromatic carbocycles. The molecule has 3 rings (SSSR count). The highest BCUT2D eigenvalue weighted by Crippen LogP contribution is 2.32. The van der Waals surface area contributed by atoms with Gasteiger partial charge in [0, 0.05) is 31.9 Å². The maximum absolute atomic E-state index is 12.7. The van der Waals surface area contributed by atoms with E-state index in [9.17, 15) is 4.79 Å². The molecule has 0 spiro atoms. The van der Waals surface area contributed by atoms with Crippen LogP contribution in [-0.2, 0) is 0 Å². The summed E-state index contributed by atoms with van der Waals surface area (Å²) in [6, 6.07) is 5.98. The lowest BCUT2D eigenvalue weighted by Crippen LogP contribution is -2.38. The second-order valence-electron chi connectivity index (χ2n) is 6.63. The van der Waals surface area contributed by atoms with Crippen LogP contribution in [0.4, 0.5) is 16.2 Å². The molecular formula is C19H23Cl2N4O+. The first-order valence-electron chi connectivity index (χ1n) is 8.68. The number of hydrogen-bond acceptors (Lipinski definition) is 2. The average molecular weight is 394 g/mol. The van der Waals surface area contributed by atoms with Crippen molar-refractivity contribution in [1.29, 1.82) is 0 Å². The molecule has 5 nitrogen and oxygen atoms in total. The minimum absolute atomic E-state index is 0.0737. The molecule has 0 saturated carbocycles. The van der Waals surface area contributed by atoms with Crippen molar-refractivity contribution in [2.75, 3.05) is 36.4 Å². The Morgan fingerprint density at radius 3 is 2.31 bits per heavy atom. The number of urea groups is 1. The third-order valence-corrected chi connectivity index (χ3v) is 5.02. The molecule has 26 heavy (non-hydrogen) atoms. The summed E-state index contributed by atoms with van der Waals surface area (Å²) in [5.74, 6) is 0. The Morgan fingerprint density at radius 1 is 1.00 bits per heavy atom. The number of rotatable bonds is 2. The van der Waals surface area contributed by atoms with Gasteiger partial charge in [0.15, 0.2) is 12.4 Å². The van der Waals surface area contributed by atoms with Crippen molar-refractivity contribution >= 4 is 40.6 Å². The molecule has 2 heterocycles. The number of benzene rings is 1. The van der Waals surface area contributed by atoms with Crippen molar-refractivity contribution in [3.8, 4) is 0 Å². The van der Waals surface area contributed by atoms with E-state index >= 15 is 0 Å². The fourth-order valence-electron chi connectivity index (χ4n) is 3.33. The Kier molecular flexibility index (Phi) is 5.89. The zero-order chi connectivity index (χ0) is 18.7. The van der Waals surface area contributed by atoms with E-state index in [2.05, 4.69) is 21.3 Å². The fraction of sp³-hybridized carbons (Fsp3) is 0.368. The van der Waals surface area contributed by atoms with Gasteiger partial charge in [-0.15, -0.1) is 0 Å². The first kappa shape index (κ1) is 18.8. The molecule has 1 aliphatic heterocycles. The van der Waals surface area contributed by atoms with Crippen molar-refractivity contribution in [1.82, 2.24) is 4.90 Å². The van der Waals surface area contributed by atoms with E-state index in [0.717, 1.165) is 35.5 Å². The number of aromatic nitrogens is 1. The van der Waals surface area contributed by atoms with Gasteiger partial charge in [0.2, 0.25) is 0 Å². The van der Waals surface area contributed by atoms with Crippen LogP contribution in [0.5, 0.6) is 0 Å². The molecule has 0 bridgehead atoms. The summed E-state index contributed by atoms with van der Waals surface area (Å²) in [4.78, 5) is 19.6. The number of aromatic amines is 1. The van der Waals surface area contributed by atoms with Crippen molar-refractivity contribution in [2.45, 2.75) is 20.3 Å². The third kappa shape index (κ3) is 4.40. The monoisotopic (exact) mass is 393 g/mol. The van der Waals surface area contributed by atoms with Crippen LogP contribution in [0, 0.1) is 13.8 Å². The first-order valence-corrected chi connectivity index (χ1v) is 9.44. The standard InChI is InChI=1S/C19H22Cl2N4O/c1-13-8-14(2)10-15(9-13)23-19(26)25-5-3-4-24(6-7-25)18-16(20)11-22-12-17(18)21/h8-12H,3-7H2,1-2H3,(H,23,26)/p+1. The molecule has 2 amide bonds. The average Bonchev–Trinajstić information content (AvgIpc) is 2.80. The van der Waals surface area contributed by atoms with E-state index < -0.39 is 0 Å². The molecule has 0 radical (unpaired) electrons. The van der Waals surface area contributed by atoms with Crippen LogP contribution < -0.4 is 15.2 Å². The number of halogens is 2. The first-order chi connectivity index (χ1) is 12.4. The topological polar surface area (TPSA) is 49.7 Å². The van der Waals surface area contributed by atoms with E-state index in [1.54, 1.807) is 12.4 Å². The molecule has 7 heteroatoms.